The van der Waals surface area contributed by atoms with Gasteiger partial charge < -0.3 is 15.5 Å². The molecule has 0 atom stereocenters. The zero-order valence-electron chi connectivity index (χ0n) is 12.8. The summed E-state index contributed by atoms with van der Waals surface area (Å²) in [6.45, 7) is 1.64. The highest BCUT2D eigenvalue weighted by atomic mass is 16.5. The van der Waals surface area contributed by atoms with Gasteiger partial charge in [-0.15, -0.1) is 0 Å². The van der Waals surface area contributed by atoms with E-state index in [1.165, 1.54) is 0 Å². The minimum atomic E-state index is -0.269. The molecule has 3 N–H and O–H groups in total. The second-order valence-corrected chi connectivity index (χ2v) is 5.31. The molecule has 0 aliphatic heterocycles. The summed E-state index contributed by atoms with van der Waals surface area (Å²) in [5, 5.41) is 0.795. The van der Waals surface area contributed by atoms with Crippen LogP contribution < -0.4 is 16.0 Å². The molecule has 0 saturated carbocycles. The van der Waals surface area contributed by atoms with Crippen LogP contribution in [0.1, 0.15) is 5.69 Å². The molecule has 24 heavy (non-hydrogen) atoms. The molecule has 0 spiro atoms. The van der Waals surface area contributed by atoms with Gasteiger partial charge in [0.05, 0.1) is 11.2 Å². The molecule has 3 aromatic heterocycles. The van der Waals surface area contributed by atoms with Crippen LogP contribution in [0.25, 0.3) is 22.1 Å². The van der Waals surface area contributed by atoms with Crippen molar-refractivity contribution in [1.29, 1.82) is 0 Å². The van der Waals surface area contributed by atoms with Crippen molar-refractivity contribution in [2.75, 3.05) is 5.73 Å². The first kappa shape index (κ1) is 14.1. The molecule has 0 fully saturated rings. The molecule has 0 unspecified atom stereocenters. The van der Waals surface area contributed by atoms with Gasteiger partial charge in [-0.3, -0.25) is 9.78 Å². The highest BCUT2D eigenvalue weighted by Crippen LogP contribution is 2.33. The van der Waals surface area contributed by atoms with Gasteiger partial charge in [0.25, 0.3) is 5.56 Å². The van der Waals surface area contributed by atoms with Gasteiger partial charge in [0.2, 0.25) is 0 Å². The van der Waals surface area contributed by atoms with E-state index in [0.29, 0.717) is 39.6 Å². The Morgan fingerprint density at radius 2 is 1.92 bits per heavy atom. The lowest BCUT2D eigenvalue weighted by Gasteiger charge is -2.11. The number of hydrogen-bond donors (Lipinski definition) is 2. The molecule has 0 aliphatic carbocycles. The molecule has 118 valence electrons. The molecular weight excluding hydrogens is 306 g/mol. The molecular formula is C17H13N5O2. The molecule has 7 heteroatoms. The number of benzene rings is 1. The first-order valence-electron chi connectivity index (χ1n) is 7.30. The average Bonchev–Trinajstić information content (AvgIpc) is 2.59. The maximum absolute atomic E-state index is 11.7. The number of H-pyrrole nitrogens is 1. The van der Waals surface area contributed by atoms with E-state index in [-0.39, 0.29) is 5.56 Å². The number of nitrogen functional groups attached to an aromatic ring is 1. The van der Waals surface area contributed by atoms with Gasteiger partial charge in [-0.2, -0.15) is 0 Å². The largest absolute Gasteiger partial charge is 0.454 e. The normalized spacial score (nSPS) is 11.0. The van der Waals surface area contributed by atoms with E-state index in [9.17, 15) is 4.79 Å². The summed E-state index contributed by atoms with van der Waals surface area (Å²) in [6, 6.07) is 8.93. The monoisotopic (exact) mass is 319 g/mol. The van der Waals surface area contributed by atoms with E-state index in [1.54, 1.807) is 37.5 Å². The maximum atomic E-state index is 11.7. The van der Waals surface area contributed by atoms with Gasteiger partial charge in [-0.05, 0) is 31.2 Å². The predicted octanol–water partition coefficient (Wildman–Crippen LogP) is 2.55. The van der Waals surface area contributed by atoms with Crippen LogP contribution in [0.5, 0.6) is 11.5 Å². The van der Waals surface area contributed by atoms with Crippen molar-refractivity contribution in [1.82, 2.24) is 19.9 Å². The fourth-order valence-electron chi connectivity index (χ4n) is 2.51. The van der Waals surface area contributed by atoms with Crippen LogP contribution in [0.2, 0.25) is 0 Å². The SMILES string of the molecule is Cc1nc2c(Oc3ccc(N)c4ncccc34)ccnc2[nH]c1=O. The molecule has 0 radical (unpaired) electrons. The number of nitrogens with two attached hydrogens (primary N) is 1. The van der Waals surface area contributed by atoms with Gasteiger partial charge >= 0.3 is 0 Å². The number of hydrogen-bond acceptors (Lipinski definition) is 6. The fourth-order valence-corrected chi connectivity index (χ4v) is 2.51. The second-order valence-electron chi connectivity index (χ2n) is 5.31. The Labute approximate surface area is 136 Å². The first-order chi connectivity index (χ1) is 11.6. The van der Waals surface area contributed by atoms with E-state index >= 15 is 0 Å². The number of nitrogens with one attached hydrogen (secondary N) is 1. The number of fused-ring (bicyclic) bond motifs is 2. The summed E-state index contributed by atoms with van der Waals surface area (Å²) in [4.78, 5) is 27.1. The van der Waals surface area contributed by atoms with Crippen LogP contribution >= 0.6 is 0 Å². The highest BCUT2D eigenvalue weighted by Gasteiger charge is 2.12. The lowest BCUT2D eigenvalue weighted by atomic mass is 10.1. The summed E-state index contributed by atoms with van der Waals surface area (Å²) >= 11 is 0. The van der Waals surface area contributed by atoms with Crippen LogP contribution in [-0.4, -0.2) is 19.9 Å². The van der Waals surface area contributed by atoms with Crippen molar-refractivity contribution in [3.05, 3.63) is 58.8 Å². The van der Waals surface area contributed by atoms with Crippen molar-refractivity contribution in [2.45, 2.75) is 6.92 Å². The summed E-state index contributed by atoms with van der Waals surface area (Å²) in [6.07, 6.45) is 3.24. The maximum Gasteiger partial charge on any atom is 0.270 e. The molecule has 3 heterocycles. The minimum absolute atomic E-state index is 0.269. The van der Waals surface area contributed by atoms with Crippen LogP contribution in [0.4, 0.5) is 5.69 Å². The predicted molar refractivity (Wildman–Crippen MR) is 91.1 cm³/mol. The molecule has 7 nitrogen and oxygen atoms in total. The van der Waals surface area contributed by atoms with E-state index in [1.807, 2.05) is 12.1 Å². The fraction of sp³-hybridized carbons (Fsp3) is 0.0588. The summed E-state index contributed by atoms with van der Waals surface area (Å²) in [5.41, 5.74) is 8.16. The minimum Gasteiger partial charge on any atom is -0.454 e. The van der Waals surface area contributed by atoms with E-state index < -0.39 is 0 Å². The summed E-state index contributed by atoms with van der Waals surface area (Å²) in [5.74, 6) is 1.10. The van der Waals surface area contributed by atoms with Gasteiger partial charge in [-0.1, -0.05) is 0 Å². The number of aryl methyl sites for hydroxylation is 1. The van der Waals surface area contributed by atoms with Gasteiger partial charge in [-0.25, -0.2) is 9.97 Å². The number of aromatic amines is 1. The number of anilines is 1. The molecule has 1 aromatic carbocycles. The van der Waals surface area contributed by atoms with Crippen molar-refractivity contribution >= 4 is 27.8 Å². The molecule has 0 saturated heterocycles. The number of nitrogens with zero attached hydrogens (tertiary/aromatic N) is 3. The first-order valence-corrected chi connectivity index (χ1v) is 7.30. The van der Waals surface area contributed by atoms with E-state index in [0.717, 1.165) is 5.39 Å². The van der Waals surface area contributed by atoms with Gasteiger partial charge in [0.1, 0.15) is 17.0 Å². The second kappa shape index (κ2) is 5.31. The topological polar surface area (TPSA) is 107 Å². The summed E-state index contributed by atoms with van der Waals surface area (Å²) < 4.78 is 6.03. The van der Waals surface area contributed by atoms with Gasteiger partial charge in [0.15, 0.2) is 11.4 Å². The number of ether oxygens (including phenoxy) is 1. The van der Waals surface area contributed by atoms with Crippen molar-refractivity contribution in [2.24, 2.45) is 0 Å². The highest BCUT2D eigenvalue weighted by molar-refractivity contribution is 5.94. The van der Waals surface area contributed by atoms with Gasteiger partial charge in [0, 0.05) is 23.8 Å². The summed E-state index contributed by atoms with van der Waals surface area (Å²) in [7, 11) is 0. The third kappa shape index (κ3) is 2.23. The Hall–Kier alpha value is -3.48. The Balaban J connectivity index is 1.90. The number of aromatic nitrogens is 4. The Kier molecular flexibility index (Phi) is 3.13. The van der Waals surface area contributed by atoms with Crippen LogP contribution in [0.15, 0.2) is 47.5 Å². The Morgan fingerprint density at radius 3 is 2.79 bits per heavy atom. The van der Waals surface area contributed by atoms with Crippen LogP contribution in [0, 0.1) is 6.92 Å². The number of rotatable bonds is 2. The molecule has 0 amide bonds. The Bertz CT molecular complexity index is 1140. The lowest BCUT2D eigenvalue weighted by Crippen LogP contribution is -2.12. The van der Waals surface area contributed by atoms with Crippen molar-refractivity contribution < 1.29 is 4.74 Å². The van der Waals surface area contributed by atoms with Crippen LogP contribution in [-0.2, 0) is 0 Å². The smallest absolute Gasteiger partial charge is 0.270 e. The lowest BCUT2D eigenvalue weighted by molar-refractivity contribution is 0.492. The quantitative estimate of drug-likeness (QED) is 0.550. The van der Waals surface area contributed by atoms with E-state index in [2.05, 4.69) is 19.9 Å². The van der Waals surface area contributed by atoms with E-state index in [4.69, 9.17) is 10.5 Å². The average molecular weight is 319 g/mol. The van der Waals surface area contributed by atoms with Crippen molar-refractivity contribution in [3.8, 4) is 11.5 Å². The number of pyridine rings is 2. The third-order valence-electron chi connectivity index (χ3n) is 3.71. The molecule has 0 bridgehead atoms. The standard InChI is InChI=1S/C17H13N5O2/c1-9-17(23)22-16-15(21-9)13(6-8-20-16)24-12-5-4-11(18)14-10(12)3-2-7-19-14/h2-8H,18H2,1H3,(H,20,22,23). The zero-order valence-corrected chi connectivity index (χ0v) is 12.8. The van der Waals surface area contributed by atoms with Crippen LogP contribution in [0.3, 0.4) is 0 Å². The third-order valence-corrected chi connectivity index (χ3v) is 3.71. The Morgan fingerprint density at radius 1 is 1.04 bits per heavy atom. The molecule has 0 aliphatic rings. The molecule has 4 rings (SSSR count). The zero-order chi connectivity index (χ0) is 16.7. The van der Waals surface area contributed by atoms with Crippen molar-refractivity contribution in [3.63, 3.8) is 0 Å². The molecule has 4 aromatic rings.